The minimum atomic E-state index is -0.625. The van der Waals surface area contributed by atoms with Crippen LogP contribution in [0.25, 0.3) is 11.6 Å². The van der Waals surface area contributed by atoms with Crippen molar-refractivity contribution in [1.29, 1.82) is 0 Å². The van der Waals surface area contributed by atoms with E-state index in [1.165, 1.54) is 12.7 Å². The molecule has 0 aromatic heterocycles. The number of benzene rings is 1. The van der Waals surface area contributed by atoms with Crippen LogP contribution >= 0.6 is 11.8 Å². The van der Waals surface area contributed by atoms with Gasteiger partial charge in [-0.2, -0.15) is 0 Å². The number of amides is 2. The smallest absolute Gasteiger partial charge is 0.325 e. The van der Waals surface area contributed by atoms with Crippen LogP contribution in [0.1, 0.15) is 38.8 Å². The number of fused-ring (bicyclic) bond motifs is 1. The third-order valence-corrected chi connectivity index (χ3v) is 5.91. The van der Waals surface area contributed by atoms with E-state index < -0.39 is 17.1 Å². The van der Waals surface area contributed by atoms with Crippen LogP contribution in [0.2, 0.25) is 0 Å². The third-order valence-electron chi connectivity index (χ3n) is 5.00. The van der Waals surface area contributed by atoms with Gasteiger partial charge in [0, 0.05) is 17.8 Å². The summed E-state index contributed by atoms with van der Waals surface area (Å²) in [4.78, 5) is 39.6. The fourth-order valence-electron chi connectivity index (χ4n) is 3.75. The standard InChI is InChI=1S/C21H24N2O4S/c1-6-23-16-8-7-14(9-15(16)13(2)11-21(23,3)4)10-17-19(25)22(20(26)28-17)12-18(24)27-5/h7-11H,6,12H2,1-5H3/b17-10+. The summed E-state index contributed by atoms with van der Waals surface area (Å²) in [6.45, 7) is 9.11. The molecule has 7 heteroatoms. The first-order valence-corrected chi connectivity index (χ1v) is 9.93. The van der Waals surface area contributed by atoms with Gasteiger partial charge in [-0.25, -0.2) is 0 Å². The lowest BCUT2D eigenvalue weighted by atomic mass is 9.88. The number of carbonyl (C=O) groups excluding carboxylic acids is 3. The molecule has 0 atom stereocenters. The highest BCUT2D eigenvalue weighted by atomic mass is 32.2. The molecule has 2 aliphatic rings. The second kappa shape index (κ2) is 7.47. The molecule has 1 fully saturated rings. The van der Waals surface area contributed by atoms with Crippen molar-refractivity contribution in [2.24, 2.45) is 0 Å². The number of carbonyl (C=O) groups is 3. The molecule has 1 aromatic rings. The number of esters is 1. The first-order valence-electron chi connectivity index (χ1n) is 9.11. The Morgan fingerprint density at radius 2 is 2.00 bits per heavy atom. The van der Waals surface area contributed by atoms with Gasteiger partial charge in [0.05, 0.1) is 17.6 Å². The number of hydrogen-bond donors (Lipinski definition) is 0. The van der Waals surface area contributed by atoms with E-state index in [1.807, 2.05) is 12.1 Å². The Balaban J connectivity index is 1.93. The molecule has 0 N–H and O–H groups in total. The Morgan fingerprint density at radius 1 is 1.29 bits per heavy atom. The van der Waals surface area contributed by atoms with Crippen molar-refractivity contribution in [3.63, 3.8) is 0 Å². The number of methoxy groups -OCH3 is 1. The molecule has 0 spiro atoms. The van der Waals surface area contributed by atoms with Crippen LogP contribution in [0.5, 0.6) is 0 Å². The fourth-order valence-corrected chi connectivity index (χ4v) is 4.59. The number of rotatable bonds is 4. The molecule has 3 rings (SSSR count). The summed E-state index contributed by atoms with van der Waals surface area (Å²) >= 11 is 0.838. The van der Waals surface area contributed by atoms with E-state index in [1.54, 1.807) is 6.08 Å². The van der Waals surface area contributed by atoms with Gasteiger partial charge in [0.15, 0.2) is 0 Å². The Labute approximate surface area is 169 Å². The molecule has 0 radical (unpaired) electrons. The van der Waals surface area contributed by atoms with E-state index in [0.717, 1.165) is 40.0 Å². The monoisotopic (exact) mass is 400 g/mol. The van der Waals surface area contributed by atoms with Crippen molar-refractivity contribution in [3.8, 4) is 0 Å². The van der Waals surface area contributed by atoms with Gasteiger partial charge in [-0.05, 0) is 68.8 Å². The average molecular weight is 401 g/mol. The maximum atomic E-state index is 12.5. The van der Waals surface area contributed by atoms with Crippen molar-refractivity contribution in [1.82, 2.24) is 4.90 Å². The maximum Gasteiger partial charge on any atom is 0.325 e. The SMILES string of the molecule is CCN1c2ccc(/C=C3/SC(=O)N(CC(=O)OC)C3=O)cc2C(C)=CC1(C)C. The van der Waals surface area contributed by atoms with E-state index in [2.05, 4.69) is 49.5 Å². The summed E-state index contributed by atoms with van der Waals surface area (Å²) < 4.78 is 4.55. The molecule has 2 aliphatic heterocycles. The van der Waals surface area contributed by atoms with Crippen molar-refractivity contribution in [2.45, 2.75) is 33.2 Å². The van der Waals surface area contributed by atoms with Crippen LogP contribution in [-0.4, -0.2) is 47.8 Å². The zero-order chi connectivity index (χ0) is 20.6. The molecular formula is C21H24N2O4S. The van der Waals surface area contributed by atoms with Crippen LogP contribution in [0.3, 0.4) is 0 Å². The first kappa shape index (κ1) is 20.2. The highest BCUT2D eigenvalue weighted by molar-refractivity contribution is 8.18. The van der Waals surface area contributed by atoms with Gasteiger partial charge in [0.2, 0.25) is 0 Å². The lowest BCUT2D eigenvalue weighted by Gasteiger charge is -2.42. The second-order valence-corrected chi connectivity index (χ2v) is 8.34. The Hall–Kier alpha value is -2.54. The number of anilines is 1. The van der Waals surface area contributed by atoms with Crippen molar-refractivity contribution >= 4 is 46.2 Å². The summed E-state index contributed by atoms with van der Waals surface area (Å²) in [6.07, 6.45) is 3.94. The minimum absolute atomic E-state index is 0.0656. The lowest BCUT2D eigenvalue weighted by Crippen LogP contribution is -2.44. The Morgan fingerprint density at radius 3 is 2.64 bits per heavy atom. The fraction of sp³-hybridized carbons (Fsp3) is 0.381. The quantitative estimate of drug-likeness (QED) is 0.564. The van der Waals surface area contributed by atoms with Gasteiger partial charge in [-0.15, -0.1) is 0 Å². The molecule has 1 saturated heterocycles. The van der Waals surface area contributed by atoms with E-state index in [0.29, 0.717) is 4.91 Å². The van der Waals surface area contributed by atoms with Crippen LogP contribution in [-0.2, 0) is 14.3 Å². The van der Waals surface area contributed by atoms with Crippen molar-refractivity contribution < 1.29 is 19.1 Å². The summed E-state index contributed by atoms with van der Waals surface area (Å²) in [7, 11) is 1.22. The molecule has 2 amide bonds. The van der Waals surface area contributed by atoms with Gasteiger partial charge < -0.3 is 9.64 Å². The number of ether oxygens (including phenoxy) is 1. The Kier molecular flexibility index (Phi) is 5.39. The van der Waals surface area contributed by atoms with Gasteiger partial charge >= 0.3 is 5.97 Å². The number of thioether (sulfide) groups is 1. The molecule has 0 aliphatic carbocycles. The van der Waals surface area contributed by atoms with E-state index in [4.69, 9.17) is 0 Å². The average Bonchev–Trinajstić information content (AvgIpc) is 2.89. The summed E-state index contributed by atoms with van der Waals surface area (Å²) in [5.74, 6) is -1.10. The largest absolute Gasteiger partial charge is 0.468 e. The van der Waals surface area contributed by atoms with E-state index >= 15 is 0 Å². The molecule has 0 saturated carbocycles. The van der Waals surface area contributed by atoms with Crippen LogP contribution in [0, 0.1) is 0 Å². The molecule has 6 nitrogen and oxygen atoms in total. The Bertz CT molecular complexity index is 917. The van der Waals surface area contributed by atoms with E-state index in [9.17, 15) is 14.4 Å². The zero-order valence-corrected chi connectivity index (χ0v) is 17.6. The second-order valence-electron chi connectivity index (χ2n) is 7.35. The number of likely N-dealkylation sites (N-methyl/N-ethyl adjacent to an activating group) is 1. The molecule has 0 bridgehead atoms. The van der Waals surface area contributed by atoms with Crippen LogP contribution < -0.4 is 4.90 Å². The number of imide groups is 1. The number of nitrogens with zero attached hydrogens (tertiary/aromatic N) is 2. The molecule has 148 valence electrons. The van der Waals surface area contributed by atoms with Crippen molar-refractivity contribution in [2.75, 3.05) is 25.1 Å². The predicted molar refractivity (Wildman–Crippen MR) is 112 cm³/mol. The zero-order valence-electron chi connectivity index (χ0n) is 16.7. The topological polar surface area (TPSA) is 66.9 Å². The predicted octanol–water partition coefficient (Wildman–Crippen LogP) is 3.92. The van der Waals surface area contributed by atoms with Gasteiger partial charge in [-0.1, -0.05) is 12.1 Å². The molecule has 0 unspecified atom stereocenters. The van der Waals surface area contributed by atoms with Gasteiger partial charge in [0.25, 0.3) is 11.1 Å². The summed E-state index contributed by atoms with van der Waals surface area (Å²) in [5.41, 5.74) is 4.22. The number of hydrogen-bond acceptors (Lipinski definition) is 6. The van der Waals surface area contributed by atoms with Gasteiger partial charge in [0.1, 0.15) is 6.54 Å². The molecule has 28 heavy (non-hydrogen) atoms. The highest BCUT2D eigenvalue weighted by Gasteiger charge is 2.36. The third kappa shape index (κ3) is 3.58. The van der Waals surface area contributed by atoms with Crippen LogP contribution in [0.15, 0.2) is 29.2 Å². The molecule has 2 heterocycles. The lowest BCUT2D eigenvalue weighted by molar-refractivity contribution is -0.143. The number of allylic oxidation sites excluding steroid dienone is 1. The van der Waals surface area contributed by atoms with Crippen LogP contribution in [0.4, 0.5) is 10.5 Å². The first-order chi connectivity index (χ1) is 13.2. The molecule has 1 aromatic carbocycles. The summed E-state index contributed by atoms with van der Waals surface area (Å²) in [6, 6.07) is 6.04. The minimum Gasteiger partial charge on any atom is -0.468 e. The van der Waals surface area contributed by atoms with E-state index in [-0.39, 0.29) is 12.1 Å². The molecular weight excluding hydrogens is 376 g/mol. The maximum absolute atomic E-state index is 12.5. The summed E-state index contributed by atoms with van der Waals surface area (Å²) in [5, 5.41) is -0.463. The highest BCUT2D eigenvalue weighted by Crippen LogP contribution is 2.40. The van der Waals surface area contributed by atoms with Gasteiger partial charge in [-0.3, -0.25) is 19.3 Å². The normalized spacial score (nSPS) is 19.8. The van der Waals surface area contributed by atoms with Crippen molar-refractivity contribution in [3.05, 3.63) is 40.3 Å².